The predicted molar refractivity (Wildman–Crippen MR) is 113 cm³/mol. The minimum Gasteiger partial charge on any atom is -0.352 e. The number of fused-ring (bicyclic) bond motifs is 1. The molecule has 0 radical (unpaired) electrons. The molecule has 0 spiro atoms. The highest BCUT2D eigenvalue weighted by molar-refractivity contribution is 6.30. The SMILES string of the molecule is Cc1cccc(N2C(=O)c3cccnc3[C@@H]2CC(=O)NCc2ccc(Cl)cc2)c1. The summed E-state index contributed by atoms with van der Waals surface area (Å²) >= 11 is 5.90. The molecule has 2 amide bonds. The topological polar surface area (TPSA) is 62.3 Å². The van der Waals surface area contributed by atoms with Crippen molar-refractivity contribution in [1.29, 1.82) is 0 Å². The third-order valence-electron chi connectivity index (χ3n) is 4.98. The molecule has 3 aromatic rings. The van der Waals surface area contributed by atoms with Crippen molar-refractivity contribution in [3.63, 3.8) is 0 Å². The number of nitrogens with zero attached hydrogens (tertiary/aromatic N) is 2. The van der Waals surface area contributed by atoms with Gasteiger partial charge in [0.2, 0.25) is 5.91 Å². The van der Waals surface area contributed by atoms with Crippen LogP contribution in [0.25, 0.3) is 0 Å². The van der Waals surface area contributed by atoms with Gasteiger partial charge in [0.05, 0.1) is 23.7 Å². The number of anilines is 1. The monoisotopic (exact) mass is 405 g/mol. The third kappa shape index (κ3) is 4.00. The molecule has 0 saturated carbocycles. The fourth-order valence-electron chi connectivity index (χ4n) is 3.57. The van der Waals surface area contributed by atoms with E-state index in [1.165, 1.54) is 0 Å². The van der Waals surface area contributed by atoms with Crippen molar-refractivity contribution in [2.45, 2.75) is 25.9 Å². The summed E-state index contributed by atoms with van der Waals surface area (Å²) in [5.74, 6) is -0.275. The average molecular weight is 406 g/mol. The molecule has 5 nitrogen and oxygen atoms in total. The number of hydrogen-bond donors (Lipinski definition) is 1. The maximum Gasteiger partial charge on any atom is 0.260 e. The molecule has 1 aliphatic rings. The van der Waals surface area contributed by atoms with Crippen LogP contribution in [0.5, 0.6) is 0 Å². The lowest BCUT2D eigenvalue weighted by Gasteiger charge is -2.25. The van der Waals surface area contributed by atoms with Gasteiger partial charge in [0.25, 0.3) is 5.91 Å². The van der Waals surface area contributed by atoms with Crippen molar-refractivity contribution in [3.8, 4) is 0 Å². The van der Waals surface area contributed by atoms with E-state index in [1.807, 2.05) is 43.3 Å². The number of nitrogens with one attached hydrogen (secondary N) is 1. The second kappa shape index (κ2) is 8.05. The Balaban J connectivity index is 1.56. The van der Waals surface area contributed by atoms with Gasteiger partial charge in [-0.05, 0) is 54.4 Å². The van der Waals surface area contributed by atoms with E-state index in [9.17, 15) is 9.59 Å². The number of carbonyl (C=O) groups is 2. The van der Waals surface area contributed by atoms with Crippen LogP contribution in [0.4, 0.5) is 5.69 Å². The van der Waals surface area contributed by atoms with Gasteiger partial charge in [0.15, 0.2) is 0 Å². The highest BCUT2D eigenvalue weighted by atomic mass is 35.5. The molecule has 2 heterocycles. The molecule has 0 bridgehead atoms. The van der Waals surface area contributed by atoms with Gasteiger partial charge in [0.1, 0.15) is 0 Å². The Hall–Kier alpha value is -3.18. The standard InChI is InChI=1S/C23H20ClN3O2/c1-15-4-2-5-18(12-15)27-20(22-19(23(27)29)6-3-11-25-22)13-21(28)26-14-16-7-9-17(24)10-8-16/h2-12,20H,13-14H2,1H3,(H,26,28)/t20-/m0/s1. The van der Waals surface area contributed by atoms with E-state index < -0.39 is 6.04 Å². The van der Waals surface area contributed by atoms with Crippen LogP contribution in [-0.4, -0.2) is 16.8 Å². The van der Waals surface area contributed by atoms with E-state index >= 15 is 0 Å². The van der Waals surface area contributed by atoms with Crippen LogP contribution in [0.3, 0.4) is 0 Å². The Bertz CT molecular complexity index is 1070. The zero-order valence-corrected chi connectivity index (χ0v) is 16.7. The van der Waals surface area contributed by atoms with E-state index in [4.69, 9.17) is 11.6 Å². The van der Waals surface area contributed by atoms with Crippen LogP contribution >= 0.6 is 11.6 Å². The Morgan fingerprint density at radius 1 is 1.14 bits per heavy atom. The fraction of sp³-hybridized carbons (Fsp3) is 0.174. The average Bonchev–Trinajstić information content (AvgIpc) is 2.99. The van der Waals surface area contributed by atoms with Crippen LogP contribution in [-0.2, 0) is 11.3 Å². The smallest absolute Gasteiger partial charge is 0.260 e. The third-order valence-corrected chi connectivity index (χ3v) is 5.23. The zero-order chi connectivity index (χ0) is 20.4. The van der Waals surface area contributed by atoms with Gasteiger partial charge in [-0.15, -0.1) is 0 Å². The van der Waals surface area contributed by atoms with Crippen LogP contribution in [0.2, 0.25) is 5.02 Å². The van der Waals surface area contributed by atoms with Crippen LogP contribution in [0.1, 0.15) is 39.6 Å². The van der Waals surface area contributed by atoms with Gasteiger partial charge in [-0.25, -0.2) is 0 Å². The molecule has 0 fully saturated rings. The summed E-state index contributed by atoms with van der Waals surface area (Å²) in [7, 11) is 0. The minimum absolute atomic E-state index is 0.130. The number of aromatic nitrogens is 1. The molecule has 4 rings (SSSR count). The van der Waals surface area contributed by atoms with Crippen molar-refractivity contribution >= 4 is 29.1 Å². The number of hydrogen-bond acceptors (Lipinski definition) is 3. The van der Waals surface area contributed by atoms with E-state index in [0.29, 0.717) is 22.8 Å². The lowest BCUT2D eigenvalue weighted by Crippen LogP contribution is -2.33. The molecule has 6 heteroatoms. The Labute approximate surface area is 174 Å². The Kier molecular flexibility index (Phi) is 5.32. The van der Waals surface area contributed by atoms with Crippen molar-refractivity contribution in [2.24, 2.45) is 0 Å². The largest absolute Gasteiger partial charge is 0.352 e. The van der Waals surface area contributed by atoms with E-state index in [0.717, 1.165) is 16.8 Å². The lowest BCUT2D eigenvalue weighted by molar-refractivity contribution is -0.121. The molecule has 146 valence electrons. The van der Waals surface area contributed by atoms with Crippen molar-refractivity contribution in [1.82, 2.24) is 10.3 Å². The molecule has 1 aromatic heterocycles. The molecular formula is C23H20ClN3O2. The second-order valence-corrected chi connectivity index (χ2v) is 7.51. The first kappa shape index (κ1) is 19.2. The summed E-state index contributed by atoms with van der Waals surface area (Å²) in [5, 5.41) is 3.58. The quantitative estimate of drug-likeness (QED) is 0.682. The van der Waals surface area contributed by atoms with Crippen molar-refractivity contribution < 1.29 is 9.59 Å². The number of carbonyl (C=O) groups excluding carboxylic acids is 2. The summed E-state index contributed by atoms with van der Waals surface area (Å²) in [4.78, 5) is 31.8. The predicted octanol–water partition coefficient (Wildman–Crippen LogP) is 4.45. The summed E-state index contributed by atoms with van der Waals surface area (Å²) in [6.07, 6.45) is 1.79. The van der Waals surface area contributed by atoms with Gasteiger partial charge in [0, 0.05) is 23.5 Å². The summed E-state index contributed by atoms with van der Waals surface area (Å²) in [6.45, 7) is 2.37. The lowest BCUT2D eigenvalue weighted by atomic mass is 10.1. The summed E-state index contributed by atoms with van der Waals surface area (Å²) in [6, 6.07) is 18.1. The first-order chi connectivity index (χ1) is 14.0. The van der Waals surface area contributed by atoms with E-state index in [-0.39, 0.29) is 18.2 Å². The second-order valence-electron chi connectivity index (χ2n) is 7.07. The molecule has 1 N–H and O–H groups in total. The molecule has 2 aromatic carbocycles. The molecule has 29 heavy (non-hydrogen) atoms. The highest BCUT2D eigenvalue weighted by Gasteiger charge is 2.39. The van der Waals surface area contributed by atoms with E-state index in [1.54, 1.807) is 35.4 Å². The highest BCUT2D eigenvalue weighted by Crippen LogP contribution is 2.38. The Morgan fingerprint density at radius 2 is 1.93 bits per heavy atom. The van der Waals surface area contributed by atoms with Crippen LogP contribution < -0.4 is 10.2 Å². The number of benzene rings is 2. The van der Waals surface area contributed by atoms with Crippen molar-refractivity contribution in [3.05, 3.63) is 94.3 Å². The molecule has 1 aliphatic heterocycles. The molecule has 0 unspecified atom stereocenters. The molecule has 0 saturated heterocycles. The molecular weight excluding hydrogens is 386 g/mol. The van der Waals surface area contributed by atoms with Crippen LogP contribution in [0, 0.1) is 6.92 Å². The van der Waals surface area contributed by atoms with Gasteiger partial charge in [-0.1, -0.05) is 35.9 Å². The van der Waals surface area contributed by atoms with E-state index in [2.05, 4.69) is 10.3 Å². The Morgan fingerprint density at radius 3 is 2.69 bits per heavy atom. The zero-order valence-electron chi connectivity index (χ0n) is 15.9. The first-order valence-electron chi connectivity index (χ1n) is 9.39. The van der Waals surface area contributed by atoms with Gasteiger partial charge < -0.3 is 5.32 Å². The van der Waals surface area contributed by atoms with Gasteiger partial charge in [-0.2, -0.15) is 0 Å². The molecule has 1 atom stereocenters. The van der Waals surface area contributed by atoms with Crippen molar-refractivity contribution in [2.75, 3.05) is 4.90 Å². The van der Waals surface area contributed by atoms with Crippen LogP contribution in [0.15, 0.2) is 66.9 Å². The first-order valence-corrected chi connectivity index (χ1v) is 9.77. The number of pyridine rings is 1. The molecule has 0 aliphatic carbocycles. The maximum absolute atomic E-state index is 13.1. The number of aryl methyl sites for hydroxylation is 1. The van der Waals surface area contributed by atoms with Gasteiger partial charge in [-0.3, -0.25) is 19.5 Å². The summed E-state index contributed by atoms with van der Waals surface area (Å²) < 4.78 is 0. The van der Waals surface area contributed by atoms with Gasteiger partial charge >= 0.3 is 0 Å². The number of rotatable bonds is 5. The number of amides is 2. The normalized spacial score (nSPS) is 15.3. The fourth-order valence-corrected chi connectivity index (χ4v) is 3.70. The maximum atomic E-state index is 13.1. The minimum atomic E-state index is -0.439. The summed E-state index contributed by atoms with van der Waals surface area (Å²) in [5.41, 5.74) is 3.96. The number of halogens is 1.